The highest BCUT2D eigenvalue weighted by Crippen LogP contribution is 2.47. The summed E-state index contributed by atoms with van der Waals surface area (Å²) in [6.45, 7) is 3.80. The van der Waals surface area contributed by atoms with E-state index in [4.69, 9.17) is 0 Å². The molecule has 1 saturated carbocycles. The molecule has 0 N–H and O–H groups in total. The van der Waals surface area contributed by atoms with Crippen molar-refractivity contribution in [3.63, 3.8) is 0 Å². The van der Waals surface area contributed by atoms with Gasteiger partial charge in [-0.3, -0.25) is 9.79 Å². The Morgan fingerprint density at radius 2 is 1.95 bits per heavy atom. The van der Waals surface area contributed by atoms with Gasteiger partial charge in [0.05, 0.1) is 11.8 Å². The molecule has 0 spiro atoms. The first-order valence-corrected chi connectivity index (χ1v) is 6.96. The summed E-state index contributed by atoms with van der Waals surface area (Å²) in [7, 11) is 3.59. The molecule has 19 heavy (non-hydrogen) atoms. The molecule has 5 heteroatoms. The van der Waals surface area contributed by atoms with Gasteiger partial charge in [0, 0.05) is 27.2 Å². The fraction of sp³-hybridized carbons (Fsp3) is 0.786. The van der Waals surface area contributed by atoms with E-state index in [1.54, 1.807) is 19.0 Å². The largest absolute Gasteiger partial charge is 0.331 e. The SMILES string of the molecule is CC[C@]1(N=CC=O)C[C@H]2CN(C(=O)N(C)C)C[C@H]2C1. The van der Waals surface area contributed by atoms with Crippen molar-refractivity contribution >= 4 is 18.5 Å². The molecule has 1 heterocycles. The molecule has 0 aromatic heterocycles. The Labute approximate surface area is 114 Å². The number of likely N-dealkylation sites (tertiary alicyclic amines) is 1. The van der Waals surface area contributed by atoms with E-state index in [0.717, 1.165) is 38.6 Å². The Kier molecular flexibility index (Phi) is 3.92. The maximum atomic E-state index is 12.0. The van der Waals surface area contributed by atoms with Gasteiger partial charge in [-0.05, 0) is 31.1 Å². The highest BCUT2D eigenvalue weighted by Gasteiger charge is 2.49. The van der Waals surface area contributed by atoms with Gasteiger partial charge >= 0.3 is 6.03 Å². The lowest BCUT2D eigenvalue weighted by Crippen LogP contribution is -2.39. The zero-order valence-electron chi connectivity index (χ0n) is 12.0. The third-order valence-electron chi connectivity index (χ3n) is 4.58. The molecule has 0 unspecified atom stereocenters. The zero-order chi connectivity index (χ0) is 14.0. The minimum atomic E-state index is -0.0660. The van der Waals surface area contributed by atoms with Crippen LogP contribution in [0.5, 0.6) is 0 Å². The predicted molar refractivity (Wildman–Crippen MR) is 74.4 cm³/mol. The fourth-order valence-electron chi connectivity index (χ4n) is 3.57. The van der Waals surface area contributed by atoms with Crippen molar-refractivity contribution in [2.45, 2.75) is 31.7 Å². The zero-order valence-corrected chi connectivity index (χ0v) is 12.0. The van der Waals surface area contributed by atoms with Gasteiger partial charge < -0.3 is 9.80 Å². The van der Waals surface area contributed by atoms with Gasteiger partial charge in [0.2, 0.25) is 0 Å². The summed E-state index contributed by atoms with van der Waals surface area (Å²) < 4.78 is 0. The minimum Gasteiger partial charge on any atom is -0.331 e. The molecule has 1 saturated heterocycles. The first-order valence-electron chi connectivity index (χ1n) is 6.96. The van der Waals surface area contributed by atoms with Crippen molar-refractivity contribution in [1.29, 1.82) is 0 Å². The van der Waals surface area contributed by atoms with Crippen LogP contribution in [-0.2, 0) is 4.79 Å². The van der Waals surface area contributed by atoms with Crippen molar-refractivity contribution in [2.75, 3.05) is 27.2 Å². The van der Waals surface area contributed by atoms with Crippen molar-refractivity contribution in [3.8, 4) is 0 Å². The van der Waals surface area contributed by atoms with E-state index in [1.165, 1.54) is 6.21 Å². The van der Waals surface area contributed by atoms with Gasteiger partial charge in [-0.2, -0.15) is 0 Å². The van der Waals surface area contributed by atoms with Crippen LogP contribution >= 0.6 is 0 Å². The van der Waals surface area contributed by atoms with Crippen molar-refractivity contribution in [3.05, 3.63) is 0 Å². The van der Waals surface area contributed by atoms with Crippen LogP contribution in [0.2, 0.25) is 0 Å². The molecule has 0 bridgehead atoms. The van der Waals surface area contributed by atoms with Crippen LogP contribution < -0.4 is 0 Å². The molecule has 2 fully saturated rings. The number of nitrogens with zero attached hydrogens (tertiary/aromatic N) is 3. The summed E-state index contributed by atoms with van der Waals surface area (Å²) in [5.41, 5.74) is -0.0660. The third-order valence-corrected chi connectivity index (χ3v) is 4.58. The number of urea groups is 1. The summed E-state index contributed by atoms with van der Waals surface area (Å²) in [5.74, 6) is 1.07. The monoisotopic (exact) mass is 265 g/mol. The van der Waals surface area contributed by atoms with Crippen molar-refractivity contribution < 1.29 is 9.59 Å². The van der Waals surface area contributed by atoms with Gasteiger partial charge in [-0.1, -0.05) is 6.92 Å². The molecule has 2 rings (SSSR count). The Hall–Kier alpha value is -1.39. The van der Waals surface area contributed by atoms with E-state index in [1.807, 2.05) is 4.90 Å². The van der Waals surface area contributed by atoms with E-state index >= 15 is 0 Å². The second kappa shape index (κ2) is 5.31. The molecule has 1 aliphatic carbocycles. The van der Waals surface area contributed by atoms with Crippen LogP contribution in [-0.4, -0.2) is 61.1 Å². The molecule has 3 atom stereocenters. The van der Waals surface area contributed by atoms with E-state index in [9.17, 15) is 9.59 Å². The first kappa shape index (κ1) is 14.0. The highest BCUT2D eigenvalue weighted by atomic mass is 16.2. The van der Waals surface area contributed by atoms with Gasteiger partial charge in [0.15, 0.2) is 6.29 Å². The average Bonchev–Trinajstić information content (AvgIpc) is 2.91. The molecule has 1 aliphatic heterocycles. The Morgan fingerprint density at radius 1 is 1.37 bits per heavy atom. The number of hydrogen-bond acceptors (Lipinski definition) is 3. The quantitative estimate of drug-likeness (QED) is 0.572. The van der Waals surface area contributed by atoms with Crippen LogP contribution in [0.15, 0.2) is 4.99 Å². The third kappa shape index (κ3) is 2.65. The molecule has 0 aromatic rings. The minimum absolute atomic E-state index is 0.0660. The maximum absolute atomic E-state index is 12.0. The smallest absolute Gasteiger partial charge is 0.319 e. The first-order chi connectivity index (χ1) is 9.01. The Morgan fingerprint density at radius 3 is 2.37 bits per heavy atom. The number of rotatable bonds is 3. The lowest BCUT2D eigenvalue weighted by Gasteiger charge is -2.27. The number of fused-ring (bicyclic) bond motifs is 1. The van der Waals surface area contributed by atoms with Crippen LogP contribution in [0.4, 0.5) is 4.79 Å². The number of carbonyl (C=O) groups excluding carboxylic acids is 2. The topological polar surface area (TPSA) is 53.0 Å². The summed E-state index contributed by atoms with van der Waals surface area (Å²) in [5, 5.41) is 0. The number of carbonyl (C=O) groups is 2. The van der Waals surface area contributed by atoms with E-state index in [2.05, 4.69) is 11.9 Å². The van der Waals surface area contributed by atoms with Crippen molar-refractivity contribution in [2.24, 2.45) is 16.8 Å². The number of amides is 2. The molecule has 5 nitrogen and oxygen atoms in total. The second-order valence-electron chi connectivity index (χ2n) is 6.00. The standard InChI is InChI=1S/C14H23N3O2/c1-4-14(15-5-6-18)7-11-9-17(10-12(11)8-14)13(19)16(2)3/h5-6,11-12H,4,7-10H2,1-3H3/t11-,12+,14-. The van der Waals surface area contributed by atoms with Crippen LogP contribution in [0.1, 0.15) is 26.2 Å². The lowest BCUT2D eigenvalue weighted by atomic mass is 9.93. The molecule has 106 valence electrons. The summed E-state index contributed by atoms with van der Waals surface area (Å²) >= 11 is 0. The number of aldehydes is 1. The average molecular weight is 265 g/mol. The summed E-state index contributed by atoms with van der Waals surface area (Å²) in [4.78, 5) is 30.5. The van der Waals surface area contributed by atoms with E-state index in [0.29, 0.717) is 11.8 Å². The molecule has 0 radical (unpaired) electrons. The highest BCUT2D eigenvalue weighted by molar-refractivity contribution is 6.13. The molecular formula is C14H23N3O2. The van der Waals surface area contributed by atoms with E-state index in [-0.39, 0.29) is 11.6 Å². The number of hydrogen-bond donors (Lipinski definition) is 0. The normalized spacial score (nSPS) is 33.7. The van der Waals surface area contributed by atoms with Gasteiger partial charge in [-0.15, -0.1) is 0 Å². The lowest BCUT2D eigenvalue weighted by molar-refractivity contribution is -0.102. The van der Waals surface area contributed by atoms with E-state index < -0.39 is 0 Å². The summed E-state index contributed by atoms with van der Waals surface area (Å²) in [6.07, 6.45) is 5.11. The number of aliphatic imine (C=N–C) groups is 1. The predicted octanol–water partition coefficient (Wildman–Crippen LogP) is 1.43. The van der Waals surface area contributed by atoms with Gasteiger partial charge in [0.1, 0.15) is 0 Å². The molecular weight excluding hydrogens is 242 g/mol. The van der Waals surface area contributed by atoms with Crippen molar-refractivity contribution in [1.82, 2.24) is 9.80 Å². The molecule has 0 aromatic carbocycles. The molecule has 2 aliphatic rings. The Bertz CT molecular complexity index is 378. The summed E-state index contributed by atoms with van der Waals surface area (Å²) in [6, 6.07) is 0.105. The van der Waals surface area contributed by atoms with Crippen LogP contribution in [0.25, 0.3) is 0 Å². The Balaban J connectivity index is 2.02. The van der Waals surface area contributed by atoms with Gasteiger partial charge in [0.25, 0.3) is 0 Å². The molecule has 2 amide bonds. The van der Waals surface area contributed by atoms with Crippen LogP contribution in [0.3, 0.4) is 0 Å². The fourth-order valence-corrected chi connectivity index (χ4v) is 3.57. The second-order valence-corrected chi connectivity index (χ2v) is 6.00. The van der Waals surface area contributed by atoms with Gasteiger partial charge in [-0.25, -0.2) is 4.79 Å². The maximum Gasteiger partial charge on any atom is 0.319 e. The van der Waals surface area contributed by atoms with Crippen LogP contribution in [0, 0.1) is 11.8 Å².